The number of hydrogen-bond donors (Lipinski definition) is 3. The number of aromatic nitrogens is 3. The maximum atomic E-state index is 12.4. The Morgan fingerprint density at radius 1 is 0.848 bits per heavy atom. The Kier molecular flexibility index (Phi) is 16.7. The summed E-state index contributed by atoms with van der Waals surface area (Å²) in [6, 6.07) is 16.0. The van der Waals surface area contributed by atoms with Gasteiger partial charge in [0.05, 0.1) is 18.8 Å². The molecule has 1 amide bonds. The number of amides is 1. The Morgan fingerprint density at radius 2 is 1.46 bits per heavy atom. The standard InChI is InChI=1S/C37H54N4O4S/c1-2-3-4-5-6-7-8-9-10-11-12-13-14-15-35(43)38-25-29-16-22-32(23-17-29)36-44-33(27-46-37-39-28-40-41-37)24-34(45-36)31-20-18-30(26-42)19-21-31/h16-23,28,33-34,36,42H,2-15,24-27H2,1H3,(H,38,43)(H,39,40,41)/t33-,34+,36?/m0/s1. The average Bonchev–Trinajstić information content (AvgIpc) is 3.62. The largest absolute Gasteiger partial charge is 0.392 e. The second kappa shape index (κ2) is 21.2. The van der Waals surface area contributed by atoms with Crippen LogP contribution in [0.25, 0.3) is 0 Å². The Labute approximate surface area is 279 Å². The first-order valence-corrected chi connectivity index (χ1v) is 18.5. The van der Waals surface area contributed by atoms with Gasteiger partial charge >= 0.3 is 0 Å². The molecule has 1 aliphatic rings. The van der Waals surface area contributed by atoms with E-state index in [2.05, 4.69) is 27.4 Å². The quantitative estimate of drug-likeness (QED) is 0.0737. The van der Waals surface area contributed by atoms with Crippen molar-refractivity contribution in [3.63, 3.8) is 0 Å². The van der Waals surface area contributed by atoms with Crippen LogP contribution in [0, 0.1) is 0 Å². The molecule has 1 saturated heterocycles. The fraction of sp³-hybridized carbons (Fsp3) is 0.595. The fourth-order valence-corrected chi connectivity index (χ4v) is 6.64. The molecule has 1 aromatic heterocycles. The number of thioether (sulfide) groups is 1. The number of carbonyl (C=O) groups is 1. The summed E-state index contributed by atoms with van der Waals surface area (Å²) in [6.07, 6.45) is 19.1. The molecule has 0 spiro atoms. The molecule has 0 radical (unpaired) electrons. The molecule has 1 fully saturated rings. The van der Waals surface area contributed by atoms with Gasteiger partial charge < -0.3 is 19.9 Å². The minimum Gasteiger partial charge on any atom is -0.392 e. The van der Waals surface area contributed by atoms with Crippen molar-refractivity contribution in [1.82, 2.24) is 20.5 Å². The van der Waals surface area contributed by atoms with Crippen LogP contribution in [0.15, 0.2) is 60.0 Å². The number of H-pyrrole nitrogens is 1. The average molecular weight is 651 g/mol. The van der Waals surface area contributed by atoms with Gasteiger partial charge in [0.25, 0.3) is 0 Å². The van der Waals surface area contributed by atoms with Crippen molar-refractivity contribution >= 4 is 17.7 Å². The van der Waals surface area contributed by atoms with Crippen LogP contribution in [-0.2, 0) is 27.4 Å². The van der Waals surface area contributed by atoms with E-state index < -0.39 is 6.29 Å². The number of nitrogens with zero attached hydrogens (tertiary/aromatic N) is 2. The summed E-state index contributed by atoms with van der Waals surface area (Å²) in [5.74, 6) is 0.831. The first-order valence-electron chi connectivity index (χ1n) is 17.5. The second-order valence-corrected chi connectivity index (χ2v) is 13.5. The topological polar surface area (TPSA) is 109 Å². The lowest BCUT2D eigenvalue weighted by atomic mass is 10.0. The number of nitrogens with one attached hydrogen (secondary N) is 2. The minimum atomic E-state index is -0.518. The number of aromatic amines is 1. The summed E-state index contributed by atoms with van der Waals surface area (Å²) in [6.45, 7) is 2.80. The van der Waals surface area contributed by atoms with Gasteiger partial charge in [-0.25, -0.2) is 4.98 Å². The monoisotopic (exact) mass is 650 g/mol. The van der Waals surface area contributed by atoms with E-state index in [1.165, 1.54) is 77.0 Å². The molecule has 3 N–H and O–H groups in total. The zero-order chi connectivity index (χ0) is 32.2. The molecule has 1 aliphatic heterocycles. The maximum absolute atomic E-state index is 12.4. The van der Waals surface area contributed by atoms with Crippen LogP contribution in [0.5, 0.6) is 0 Å². The highest BCUT2D eigenvalue weighted by molar-refractivity contribution is 7.99. The van der Waals surface area contributed by atoms with Gasteiger partial charge in [0.2, 0.25) is 5.91 Å². The molecule has 252 valence electrons. The molecule has 0 saturated carbocycles. The molecule has 2 heterocycles. The zero-order valence-electron chi connectivity index (χ0n) is 27.6. The Morgan fingerprint density at radius 3 is 2.07 bits per heavy atom. The van der Waals surface area contributed by atoms with Crippen molar-refractivity contribution in [3.05, 3.63) is 77.1 Å². The number of unbranched alkanes of at least 4 members (excludes halogenated alkanes) is 12. The van der Waals surface area contributed by atoms with Gasteiger partial charge in [0.15, 0.2) is 11.4 Å². The first-order chi connectivity index (χ1) is 22.6. The lowest BCUT2D eigenvalue weighted by molar-refractivity contribution is -0.245. The molecule has 0 aliphatic carbocycles. The predicted octanol–water partition coefficient (Wildman–Crippen LogP) is 8.73. The van der Waals surface area contributed by atoms with Crippen LogP contribution in [-0.4, -0.2) is 38.1 Å². The lowest BCUT2D eigenvalue weighted by Gasteiger charge is -2.36. The molecule has 3 aromatic rings. The third-order valence-corrected chi connectivity index (χ3v) is 9.67. The lowest BCUT2D eigenvalue weighted by Crippen LogP contribution is -2.31. The van der Waals surface area contributed by atoms with E-state index in [1.54, 1.807) is 11.8 Å². The van der Waals surface area contributed by atoms with Crippen molar-refractivity contribution in [3.8, 4) is 0 Å². The van der Waals surface area contributed by atoms with Crippen molar-refractivity contribution in [2.45, 2.75) is 140 Å². The molecule has 0 bridgehead atoms. The van der Waals surface area contributed by atoms with E-state index in [0.717, 1.165) is 40.3 Å². The Balaban J connectivity index is 1.15. The zero-order valence-corrected chi connectivity index (χ0v) is 28.4. The number of ether oxygens (including phenoxy) is 2. The highest BCUT2D eigenvalue weighted by Crippen LogP contribution is 2.39. The van der Waals surface area contributed by atoms with Crippen LogP contribution < -0.4 is 5.32 Å². The van der Waals surface area contributed by atoms with Gasteiger partial charge in [0, 0.05) is 30.7 Å². The second-order valence-electron chi connectivity index (χ2n) is 12.5. The molecular weight excluding hydrogens is 596 g/mol. The summed E-state index contributed by atoms with van der Waals surface area (Å²) in [5, 5.41) is 20.1. The molecule has 1 unspecified atom stereocenters. The van der Waals surface area contributed by atoms with Gasteiger partial charge in [-0.15, -0.1) is 0 Å². The van der Waals surface area contributed by atoms with Gasteiger partial charge in [-0.3, -0.25) is 9.89 Å². The number of carbonyl (C=O) groups excluding carboxylic acids is 1. The molecule has 46 heavy (non-hydrogen) atoms. The molecule has 9 heteroatoms. The molecule has 2 aromatic carbocycles. The van der Waals surface area contributed by atoms with Gasteiger partial charge in [-0.2, -0.15) is 5.10 Å². The molecule has 4 rings (SSSR count). The van der Waals surface area contributed by atoms with Crippen molar-refractivity contribution in [1.29, 1.82) is 0 Å². The number of aliphatic hydroxyl groups is 1. The Hall–Kier alpha value is -2.72. The van der Waals surface area contributed by atoms with Crippen LogP contribution in [0.3, 0.4) is 0 Å². The molecular formula is C37H54N4O4S. The van der Waals surface area contributed by atoms with Crippen molar-refractivity contribution in [2.75, 3.05) is 5.75 Å². The summed E-state index contributed by atoms with van der Waals surface area (Å²) < 4.78 is 12.9. The van der Waals surface area contributed by atoms with E-state index in [-0.39, 0.29) is 24.7 Å². The number of aliphatic hydroxyl groups excluding tert-OH is 1. The van der Waals surface area contributed by atoms with Gasteiger partial charge in [0.1, 0.15) is 6.33 Å². The summed E-state index contributed by atoms with van der Waals surface area (Å²) >= 11 is 1.58. The highest BCUT2D eigenvalue weighted by Gasteiger charge is 2.32. The van der Waals surface area contributed by atoms with Crippen molar-refractivity contribution < 1.29 is 19.4 Å². The van der Waals surface area contributed by atoms with Crippen molar-refractivity contribution in [2.24, 2.45) is 0 Å². The smallest absolute Gasteiger partial charge is 0.220 e. The van der Waals surface area contributed by atoms with Crippen LogP contribution in [0.2, 0.25) is 0 Å². The minimum absolute atomic E-state index is 0.0141. The van der Waals surface area contributed by atoms with Crippen LogP contribution in [0.1, 0.15) is 138 Å². The molecule has 3 atom stereocenters. The number of rotatable bonds is 22. The first kappa shape index (κ1) is 36.1. The summed E-state index contributed by atoms with van der Waals surface area (Å²) in [7, 11) is 0. The van der Waals surface area contributed by atoms with Crippen LogP contribution in [0.4, 0.5) is 0 Å². The highest BCUT2D eigenvalue weighted by atomic mass is 32.2. The SMILES string of the molecule is CCCCCCCCCCCCCCCC(=O)NCc1ccc(C2O[C@H](CSc3ncn[nH]3)C[C@H](c3ccc(CO)cc3)O2)cc1. The van der Waals surface area contributed by atoms with Gasteiger partial charge in [-0.1, -0.05) is 144 Å². The fourth-order valence-electron chi connectivity index (χ4n) is 5.84. The van der Waals surface area contributed by atoms with E-state index in [0.29, 0.717) is 25.1 Å². The third-order valence-electron chi connectivity index (χ3n) is 8.66. The number of benzene rings is 2. The van der Waals surface area contributed by atoms with E-state index in [9.17, 15) is 9.90 Å². The van der Waals surface area contributed by atoms with E-state index in [1.807, 2.05) is 48.5 Å². The Bertz CT molecular complexity index is 1220. The summed E-state index contributed by atoms with van der Waals surface area (Å²) in [5.41, 5.74) is 3.92. The summed E-state index contributed by atoms with van der Waals surface area (Å²) in [4.78, 5) is 16.7. The van der Waals surface area contributed by atoms with Crippen LogP contribution >= 0.6 is 11.8 Å². The third kappa shape index (κ3) is 13.2. The maximum Gasteiger partial charge on any atom is 0.220 e. The van der Waals surface area contributed by atoms with E-state index >= 15 is 0 Å². The van der Waals surface area contributed by atoms with E-state index in [4.69, 9.17) is 9.47 Å². The van der Waals surface area contributed by atoms with Gasteiger partial charge in [-0.05, 0) is 23.1 Å². The molecule has 8 nitrogen and oxygen atoms in total. The number of hydrogen-bond acceptors (Lipinski definition) is 7. The normalized spacial score (nSPS) is 18.1. The predicted molar refractivity (Wildman–Crippen MR) is 184 cm³/mol.